The Bertz CT molecular complexity index is 1580. The van der Waals surface area contributed by atoms with Gasteiger partial charge in [0.05, 0.1) is 19.3 Å². The number of nitrogens with zero attached hydrogens (tertiary/aromatic N) is 3. The van der Waals surface area contributed by atoms with Crippen molar-refractivity contribution < 1.29 is 23.5 Å². The smallest absolute Gasteiger partial charge is 0.322 e. The highest BCUT2D eigenvalue weighted by atomic mass is 16.5. The first-order valence-electron chi connectivity index (χ1n) is 11.1. The molecule has 0 bridgehead atoms. The molecule has 0 spiro atoms. The number of rotatable bonds is 5. The molecule has 2 aliphatic heterocycles. The minimum atomic E-state index is -1.60. The van der Waals surface area contributed by atoms with Crippen LogP contribution in [0.4, 0.5) is 10.7 Å². The van der Waals surface area contributed by atoms with Crippen LogP contribution < -0.4 is 21.1 Å². The molecule has 11 heteroatoms. The maximum atomic E-state index is 13.2. The zero-order valence-corrected chi connectivity index (χ0v) is 19.1. The number of benzene rings is 2. The Hall–Kier alpha value is -4.93. The van der Waals surface area contributed by atoms with E-state index in [2.05, 4.69) is 20.6 Å². The first-order chi connectivity index (χ1) is 17.4. The highest BCUT2D eigenvalue weighted by Gasteiger charge is 2.53. The summed E-state index contributed by atoms with van der Waals surface area (Å²) >= 11 is 0. The fourth-order valence-electron chi connectivity index (χ4n) is 4.68. The van der Waals surface area contributed by atoms with Crippen LogP contribution in [0.1, 0.15) is 21.7 Å². The maximum Gasteiger partial charge on any atom is 0.322 e. The van der Waals surface area contributed by atoms with Crippen molar-refractivity contribution in [3.63, 3.8) is 0 Å². The van der Waals surface area contributed by atoms with Gasteiger partial charge in [-0.05, 0) is 48.0 Å². The van der Waals surface area contributed by atoms with Crippen molar-refractivity contribution in [3.8, 4) is 17.0 Å². The Morgan fingerprint density at radius 1 is 1.14 bits per heavy atom. The lowest BCUT2D eigenvalue weighted by Gasteiger charge is -2.29. The van der Waals surface area contributed by atoms with Crippen LogP contribution in [-0.4, -0.2) is 46.4 Å². The van der Waals surface area contributed by atoms with Crippen molar-refractivity contribution >= 4 is 34.8 Å². The standard InChI is InChI=1S/C25H20N6O5/c1-35-16-4-2-14-11-31(21(32)17(14)10-16)12-25(22(33)29-24(34)30-25)20-9-15-8-13(3-5-19(15)36-20)18-6-7-27-23(26)28-18/h2-10H,11-12H2,1H3,(H2,26,27,28)(H2,29,30,33,34). The molecule has 4 N–H and O–H groups in total. The zero-order chi connectivity index (χ0) is 25.0. The number of nitrogens with two attached hydrogens (primary N) is 1. The van der Waals surface area contributed by atoms with Gasteiger partial charge in [-0.2, -0.15) is 0 Å². The number of carbonyl (C=O) groups excluding carboxylic acids is 3. The van der Waals surface area contributed by atoms with E-state index in [1.807, 2.05) is 18.2 Å². The number of nitrogens with one attached hydrogen (secondary N) is 2. The molecule has 4 heterocycles. The van der Waals surface area contributed by atoms with Gasteiger partial charge in [-0.3, -0.25) is 14.9 Å². The van der Waals surface area contributed by atoms with Crippen LogP contribution >= 0.6 is 0 Å². The Morgan fingerprint density at radius 2 is 2.00 bits per heavy atom. The highest BCUT2D eigenvalue weighted by Crippen LogP contribution is 2.36. The molecule has 36 heavy (non-hydrogen) atoms. The van der Waals surface area contributed by atoms with Gasteiger partial charge in [0, 0.05) is 29.3 Å². The zero-order valence-electron chi connectivity index (χ0n) is 19.1. The molecule has 4 amide bonds. The van der Waals surface area contributed by atoms with Gasteiger partial charge in [0.2, 0.25) is 5.95 Å². The van der Waals surface area contributed by atoms with Gasteiger partial charge in [-0.1, -0.05) is 6.07 Å². The Morgan fingerprint density at radius 3 is 2.75 bits per heavy atom. The number of imide groups is 1. The number of ether oxygens (including phenoxy) is 1. The fraction of sp³-hybridized carbons (Fsp3) is 0.160. The Labute approximate surface area is 204 Å². The number of anilines is 1. The van der Waals surface area contributed by atoms with E-state index in [1.165, 1.54) is 12.0 Å². The van der Waals surface area contributed by atoms with Gasteiger partial charge < -0.3 is 25.1 Å². The Kier molecular flexibility index (Phi) is 4.68. The van der Waals surface area contributed by atoms with Gasteiger partial charge in [-0.25, -0.2) is 14.8 Å². The van der Waals surface area contributed by atoms with E-state index in [0.29, 0.717) is 28.0 Å². The number of amides is 4. The van der Waals surface area contributed by atoms with E-state index in [4.69, 9.17) is 14.9 Å². The summed E-state index contributed by atoms with van der Waals surface area (Å²) in [5.74, 6) is 0.0537. The molecule has 2 aromatic carbocycles. The number of furan rings is 1. The summed E-state index contributed by atoms with van der Waals surface area (Å²) in [5.41, 5.74) is 7.32. The van der Waals surface area contributed by atoms with Gasteiger partial charge >= 0.3 is 6.03 Å². The van der Waals surface area contributed by atoms with E-state index in [1.54, 1.807) is 36.5 Å². The molecule has 1 atom stereocenters. The van der Waals surface area contributed by atoms with Gasteiger partial charge in [0.1, 0.15) is 17.1 Å². The molecule has 1 fully saturated rings. The summed E-state index contributed by atoms with van der Waals surface area (Å²) in [4.78, 5) is 48.2. The Balaban J connectivity index is 1.38. The average molecular weight is 484 g/mol. The first kappa shape index (κ1) is 21.6. The minimum Gasteiger partial charge on any atom is -0.497 e. The second kappa shape index (κ2) is 7.80. The molecule has 0 saturated carbocycles. The number of nitrogen functional groups attached to an aromatic ring is 1. The second-order valence-corrected chi connectivity index (χ2v) is 8.66. The van der Waals surface area contributed by atoms with Crippen LogP contribution in [-0.2, 0) is 16.9 Å². The number of hydrogen-bond donors (Lipinski definition) is 3. The van der Waals surface area contributed by atoms with Crippen LogP contribution in [0.15, 0.2) is 59.1 Å². The van der Waals surface area contributed by atoms with Gasteiger partial charge in [-0.15, -0.1) is 0 Å². The van der Waals surface area contributed by atoms with E-state index in [-0.39, 0.29) is 30.7 Å². The largest absolute Gasteiger partial charge is 0.497 e. The topological polar surface area (TPSA) is 153 Å². The number of aromatic nitrogens is 2. The summed E-state index contributed by atoms with van der Waals surface area (Å²) in [6.07, 6.45) is 1.57. The van der Waals surface area contributed by atoms with Crippen molar-refractivity contribution in [2.75, 3.05) is 19.4 Å². The predicted octanol–water partition coefficient (Wildman–Crippen LogP) is 2.17. The molecule has 0 aliphatic carbocycles. The van der Waals surface area contributed by atoms with E-state index < -0.39 is 17.5 Å². The molecular formula is C25H20N6O5. The van der Waals surface area contributed by atoms with Gasteiger partial charge in [0.25, 0.3) is 11.8 Å². The lowest BCUT2D eigenvalue weighted by molar-refractivity contribution is -0.125. The number of fused-ring (bicyclic) bond motifs is 2. The summed E-state index contributed by atoms with van der Waals surface area (Å²) in [5, 5.41) is 5.67. The number of methoxy groups -OCH3 is 1. The summed E-state index contributed by atoms with van der Waals surface area (Å²) in [6.45, 7) is 0.165. The third kappa shape index (κ3) is 3.32. The first-order valence-corrected chi connectivity index (χ1v) is 11.1. The normalized spacial score (nSPS) is 18.9. The average Bonchev–Trinajstić information content (AvgIpc) is 3.52. The maximum absolute atomic E-state index is 13.2. The van der Waals surface area contributed by atoms with Crippen LogP contribution in [0.25, 0.3) is 22.2 Å². The van der Waals surface area contributed by atoms with Crippen molar-refractivity contribution in [2.45, 2.75) is 12.1 Å². The fourth-order valence-corrected chi connectivity index (χ4v) is 4.68. The van der Waals surface area contributed by atoms with E-state index >= 15 is 0 Å². The monoisotopic (exact) mass is 484 g/mol. The minimum absolute atomic E-state index is 0.116. The number of urea groups is 1. The lowest BCUT2D eigenvalue weighted by atomic mass is 9.95. The summed E-state index contributed by atoms with van der Waals surface area (Å²) in [7, 11) is 1.53. The van der Waals surface area contributed by atoms with Crippen LogP contribution in [0.2, 0.25) is 0 Å². The quantitative estimate of drug-likeness (QED) is 0.364. The molecule has 1 saturated heterocycles. The molecule has 4 aromatic rings. The molecule has 1 unspecified atom stereocenters. The van der Waals surface area contributed by atoms with Gasteiger partial charge in [0.15, 0.2) is 5.54 Å². The van der Waals surface area contributed by atoms with E-state index in [0.717, 1.165) is 11.1 Å². The number of hydrogen-bond acceptors (Lipinski definition) is 8. The summed E-state index contributed by atoms with van der Waals surface area (Å²) < 4.78 is 11.3. The predicted molar refractivity (Wildman–Crippen MR) is 128 cm³/mol. The SMILES string of the molecule is COc1ccc2c(c1)C(=O)N(CC1(c3cc4cc(-c5ccnc(N)n5)ccc4o3)NC(=O)NC1=O)C2. The third-order valence-electron chi connectivity index (χ3n) is 6.47. The van der Waals surface area contributed by atoms with Crippen LogP contribution in [0.5, 0.6) is 5.75 Å². The van der Waals surface area contributed by atoms with Crippen molar-refractivity contribution in [1.29, 1.82) is 0 Å². The molecular weight excluding hydrogens is 464 g/mol. The molecule has 0 radical (unpaired) electrons. The van der Waals surface area contributed by atoms with Crippen molar-refractivity contribution in [3.05, 3.63) is 71.6 Å². The molecule has 180 valence electrons. The summed E-state index contributed by atoms with van der Waals surface area (Å²) in [6, 6.07) is 13.4. The van der Waals surface area contributed by atoms with Crippen molar-refractivity contribution in [2.24, 2.45) is 0 Å². The lowest BCUT2D eigenvalue weighted by Crippen LogP contribution is -2.52. The molecule has 2 aromatic heterocycles. The van der Waals surface area contributed by atoms with Crippen LogP contribution in [0.3, 0.4) is 0 Å². The van der Waals surface area contributed by atoms with E-state index in [9.17, 15) is 14.4 Å². The molecule has 2 aliphatic rings. The highest BCUT2D eigenvalue weighted by molar-refractivity contribution is 6.08. The van der Waals surface area contributed by atoms with Crippen LogP contribution in [0, 0.1) is 0 Å². The second-order valence-electron chi connectivity index (χ2n) is 8.66. The third-order valence-corrected chi connectivity index (χ3v) is 6.47. The van der Waals surface area contributed by atoms with Crippen molar-refractivity contribution in [1.82, 2.24) is 25.5 Å². The number of carbonyl (C=O) groups is 3. The molecule has 11 nitrogen and oxygen atoms in total. The molecule has 6 rings (SSSR count).